The summed E-state index contributed by atoms with van der Waals surface area (Å²) in [7, 11) is -3.78. The van der Waals surface area contributed by atoms with E-state index in [1.165, 1.54) is 18.3 Å². The maximum atomic E-state index is 12.5. The normalized spacial score (nSPS) is 11.1. The van der Waals surface area contributed by atoms with Crippen LogP contribution in [-0.4, -0.2) is 26.0 Å². The highest BCUT2D eigenvalue weighted by molar-refractivity contribution is 7.92. The number of hydrogen-bond acceptors (Lipinski definition) is 5. The smallest absolute Gasteiger partial charge is 0.338 e. The van der Waals surface area contributed by atoms with Crippen molar-refractivity contribution in [1.29, 1.82) is 0 Å². The predicted molar refractivity (Wildman–Crippen MR) is 86.9 cm³/mol. The third kappa shape index (κ3) is 4.07. The molecule has 0 amide bonds. The third-order valence-electron chi connectivity index (χ3n) is 3.13. The minimum Gasteiger partial charge on any atom is -0.462 e. The van der Waals surface area contributed by atoms with Gasteiger partial charge in [0.05, 0.1) is 17.1 Å². The maximum Gasteiger partial charge on any atom is 0.338 e. The van der Waals surface area contributed by atoms with Crippen LogP contribution in [0.4, 0.5) is 5.82 Å². The number of nitrogens with one attached hydrogen (secondary N) is 1. The summed E-state index contributed by atoms with van der Waals surface area (Å²) >= 11 is 0. The zero-order valence-corrected chi connectivity index (χ0v) is 14.0. The molecule has 0 atom stereocenters. The van der Waals surface area contributed by atoms with Gasteiger partial charge in [-0.05, 0) is 44.5 Å². The van der Waals surface area contributed by atoms with Crippen molar-refractivity contribution in [2.75, 3.05) is 11.3 Å². The number of nitrogens with zero attached hydrogens (tertiary/aromatic N) is 1. The first-order valence-corrected chi connectivity index (χ1v) is 8.55. The molecule has 2 aromatic rings. The highest BCUT2D eigenvalue weighted by atomic mass is 32.2. The molecule has 0 aliphatic carbocycles. The summed E-state index contributed by atoms with van der Waals surface area (Å²) in [6.07, 6.45) is 1.35. The fourth-order valence-corrected chi connectivity index (χ4v) is 3.35. The SMILES string of the molecule is CCOC(=O)c1ccnc(NS(=O)(=O)c2ccc(C)cc2C)c1. The third-order valence-corrected chi connectivity index (χ3v) is 4.64. The number of ether oxygens (including phenoxy) is 1. The highest BCUT2D eigenvalue weighted by Crippen LogP contribution is 2.20. The topological polar surface area (TPSA) is 85.4 Å². The van der Waals surface area contributed by atoms with Gasteiger partial charge in [-0.15, -0.1) is 0 Å². The van der Waals surface area contributed by atoms with Crippen LogP contribution in [0.1, 0.15) is 28.4 Å². The van der Waals surface area contributed by atoms with Crippen molar-refractivity contribution in [2.24, 2.45) is 0 Å². The molecular weight excluding hydrogens is 316 g/mol. The van der Waals surface area contributed by atoms with Gasteiger partial charge in [-0.25, -0.2) is 18.2 Å². The van der Waals surface area contributed by atoms with Crippen molar-refractivity contribution >= 4 is 21.8 Å². The summed E-state index contributed by atoms with van der Waals surface area (Å²) < 4.78 is 32.2. The van der Waals surface area contributed by atoms with Gasteiger partial charge in [0.1, 0.15) is 5.82 Å². The first kappa shape index (κ1) is 17.0. The lowest BCUT2D eigenvalue weighted by molar-refractivity contribution is 0.0526. The number of esters is 1. The zero-order chi connectivity index (χ0) is 17.0. The Bertz CT molecular complexity index is 832. The molecule has 6 nitrogen and oxygen atoms in total. The fraction of sp³-hybridized carbons (Fsp3) is 0.250. The first-order chi connectivity index (χ1) is 10.8. The molecule has 1 N–H and O–H groups in total. The molecule has 23 heavy (non-hydrogen) atoms. The van der Waals surface area contributed by atoms with Crippen LogP contribution in [-0.2, 0) is 14.8 Å². The molecule has 0 fully saturated rings. The molecule has 0 aliphatic heterocycles. The number of benzene rings is 1. The number of pyridine rings is 1. The minimum atomic E-state index is -3.78. The summed E-state index contributed by atoms with van der Waals surface area (Å²) in [6.45, 7) is 5.55. The Morgan fingerprint density at radius 1 is 1.22 bits per heavy atom. The maximum absolute atomic E-state index is 12.5. The monoisotopic (exact) mass is 334 g/mol. The van der Waals surface area contributed by atoms with E-state index in [2.05, 4.69) is 9.71 Å². The molecule has 2 rings (SSSR count). The van der Waals surface area contributed by atoms with Gasteiger partial charge in [-0.1, -0.05) is 17.7 Å². The van der Waals surface area contributed by atoms with Crippen molar-refractivity contribution in [3.8, 4) is 0 Å². The van der Waals surface area contributed by atoms with E-state index in [9.17, 15) is 13.2 Å². The van der Waals surface area contributed by atoms with E-state index < -0.39 is 16.0 Å². The molecule has 0 saturated carbocycles. The summed E-state index contributed by atoms with van der Waals surface area (Å²) in [4.78, 5) is 15.8. The second-order valence-corrected chi connectivity index (χ2v) is 6.68. The van der Waals surface area contributed by atoms with Gasteiger partial charge >= 0.3 is 5.97 Å². The van der Waals surface area contributed by atoms with Crippen LogP contribution in [0.15, 0.2) is 41.4 Å². The Kier molecular flexibility index (Phi) is 5.00. The summed E-state index contributed by atoms with van der Waals surface area (Å²) in [5, 5.41) is 0. The van der Waals surface area contributed by atoms with E-state index in [0.717, 1.165) is 5.56 Å². The molecule has 0 spiro atoms. The van der Waals surface area contributed by atoms with Gasteiger partial charge < -0.3 is 4.74 Å². The van der Waals surface area contributed by atoms with Crippen molar-refractivity contribution in [3.05, 3.63) is 53.2 Å². The van der Waals surface area contributed by atoms with Crippen molar-refractivity contribution in [1.82, 2.24) is 4.98 Å². The Balaban J connectivity index is 2.30. The van der Waals surface area contributed by atoms with Crippen molar-refractivity contribution < 1.29 is 17.9 Å². The molecule has 0 radical (unpaired) electrons. The van der Waals surface area contributed by atoms with Crippen LogP contribution in [0.5, 0.6) is 0 Å². The summed E-state index contributed by atoms with van der Waals surface area (Å²) in [6, 6.07) is 7.87. The zero-order valence-electron chi connectivity index (χ0n) is 13.2. The second-order valence-electron chi connectivity index (χ2n) is 5.02. The van der Waals surface area contributed by atoms with Crippen LogP contribution in [0.2, 0.25) is 0 Å². The van der Waals surface area contributed by atoms with Crippen LogP contribution >= 0.6 is 0 Å². The molecule has 0 aliphatic rings. The number of aromatic nitrogens is 1. The van der Waals surface area contributed by atoms with Crippen LogP contribution in [0.25, 0.3) is 0 Å². The number of aryl methyl sites for hydroxylation is 2. The molecule has 0 unspecified atom stereocenters. The van der Waals surface area contributed by atoms with Gasteiger partial charge in [0.2, 0.25) is 0 Å². The average Bonchev–Trinajstić information content (AvgIpc) is 2.46. The molecule has 1 aromatic carbocycles. The summed E-state index contributed by atoms with van der Waals surface area (Å²) in [5.74, 6) is -0.461. The first-order valence-electron chi connectivity index (χ1n) is 7.06. The van der Waals surface area contributed by atoms with E-state index in [-0.39, 0.29) is 22.9 Å². The van der Waals surface area contributed by atoms with Crippen LogP contribution in [0.3, 0.4) is 0 Å². The average molecular weight is 334 g/mol. The van der Waals surface area contributed by atoms with Crippen LogP contribution < -0.4 is 4.72 Å². The molecular formula is C16H18N2O4S. The Morgan fingerprint density at radius 3 is 2.61 bits per heavy atom. The molecule has 1 heterocycles. The van der Waals surface area contributed by atoms with Gasteiger partial charge in [0.25, 0.3) is 10.0 Å². The number of anilines is 1. The predicted octanol–water partition coefficient (Wildman–Crippen LogP) is 2.68. The lowest BCUT2D eigenvalue weighted by Gasteiger charge is -2.11. The Labute approximate surface area is 135 Å². The number of carbonyl (C=O) groups is 1. The molecule has 0 bridgehead atoms. The van der Waals surface area contributed by atoms with Gasteiger partial charge in [0.15, 0.2) is 0 Å². The van der Waals surface area contributed by atoms with Crippen LogP contribution in [0, 0.1) is 13.8 Å². The molecule has 122 valence electrons. The fourth-order valence-electron chi connectivity index (χ4n) is 2.12. The largest absolute Gasteiger partial charge is 0.462 e. The number of carbonyl (C=O) groups excluding carboxylic acids is 1. The highest BCUT2D eigenvalue weighted by Gasteiger charge is 2.18. The summed E-state index contributed by atoms with van der Waals surface area (Å²) in [5.41, 5.74) is 1.85. The van der Waals surface area contributed by atoms with Crippen molar-refractivity contribution in [2.45, 2.75) is 25.7 Å². The van der Waals surface area contributed by atoms with E-state index in [1.54, 1.807) is 32.0 Å². The molecule has 7 heteroatoms. The van der Waals surface area contributed by atoms with Gasteiger partial charge in [-0.3, -0.25) is 4.72 Å². The Morgan fingerprint density at radius 2 is 1.96 bits per heavy atom. The van der Waals surface area contributed by atoms with Gasteiger partial charge in [0, 0.05) is 6.20 Å². The standard InChI is InChI=1S/C16H18N2O4S/c1-4-22-16(19)13-7-8-17-15(10-13)18-23(20,21)14-6-5-11(2)9-12(14)3/h5-10H,4H2,1-3H3,(H,17,18). The minimum absolute atomic E-state index is 0.0653. The lowest BCUT2D eigenvalue weighted by Crippen LogP contribution is -2.16. The van der Waals surface area contributed by atoms with E-state index in [0.29, 0.717) is 5.56 Å². The van der Waals surface area contributed by atoms with E-state index in [1.807, 2.05) is 6.92 Å². The second kappa shape index (κ2) is 6.78. The quantitative estimate of drug-likeness (QED) is 0.850. The molecule has 0 saturated heterocycles. The number of rotatable bonds is 5. The van der Waals surface area contributed by atoms with E-state index >= 15 is 0 Å². The Hall–Kier alpha value is -2.41. The molecule has 1 aromatic heterocycles. The lowest BCUT2D eigenvalue weighted by atomic mass is 10.2. The van der Waals surface area contributed by atoms with Crippen molar-refractivity contribution in [3.63, 3.8) is 0 Å². The number of hydrogen-bond donors (Lipinski definition) is 1. The van der Waals surface area contributed by atoms with E-state index in [4.69, 9.17) is 4.74 Å². The number of sulfonamides is 1. The van der Waals surface area contributed by atoms with Gasteiger partial charge in [-0.2, -0.15) is 0 Å².